The number of anilines is 3. The van der Waals surface area contributed by atoms with E-state index in [2.05, 4.69) is 34.7 Å². The fourth-order valence-corrected chi connectivity index (χ4v) is 2.20. The fraction of sp³-hybridized carbons (Fsp3) is 0.143. The summed E-state index contributed by atoms with van der Waals surface area (Å²) >= 11 is 0. The Morgan fingerprint density at radius 2 is 1.89 bits per heavy atom. The van der Waals surface area contributed by atoms with Gasteiger partial charge in [-0.1, -0.05) is 30.3 Å². The lowest BCUT2D eigenvalue weighted by Crippen LogP contribution is -2.37. The Labute approximate surface area is 107 Å². The lowest BCUT2D eigenvalue weighted by Gasteiger charge is -2.25. The second-order valence-corrected chi connectivity index (χ2v) is 4.46. The van der Waals surface area contributed by atoms with Crippen LogP contribution >= 0.6 is 0 Å². The SMILES string of the molecule is CN1Nc2ccc(N)cc2N1Cc1ccccc1. The molecule has 0 fully saturated rings. The van der Waals surface area contributed by atoms with Gasteiger partial charge in [-0.15, -0.1) is 5.12 Å². The third-order valence-electron chi connectivity index (χ3n) is 3.12. The second-order valence-electron chi connectivity index (χ2n) is 4.46. The zero-order chi connectivity index (χ0) is 12.5. The Balaban J connectivity index is 1.92. The molecule has 0 aromatic heterocycles. The van der Waals surface area contributed by atoms with Crippen molar-refractivity contribution in [2.45, 2.75) is 6.54 Å². The summed E-state index contributed by atoms with van der Waals surface area (Å²) in [6, 6.07) is 16.3. The Morgan fingerprint density at radius 1 is 1.11 bits per heavy atom. The van der Waals surface area contributed by atoms with Gasteiger partial charge in [0.1, 0.15) is 0 Å². The maximum Gasteiger partial charge on any atom is 0.0809 e. The molecular formula is C14H16N4. The molecule has 0 unspecified atom stereocenters. The molecule has 0 aliphatic carbocycles. The molecule has 1 aliphatic heterocycles. The van der Waals surface area contributed by atoms with Crippen LogP contribution in [-0.2, 0) is 6.54 Å². The third-order valence-corrected chi connectivity index (χ3v) is 3.12. The van der Waals surface area contributed by atoms with Crippen molar-refractivity contribution >= 4 is 17.1 Å². The van der Waals surface area contributed by atoms with Gasteiger partial charge in [0.2, 0.25) is 0 Å². The van der Waals surface area contributed by atoms with Crippen molar-refractivity contribution in [1.29, 1.82) is 0 Å². The molecule has 2 aromatic rings. The minimum Gasteiger partial charge on any atom is -0.399 e. The number of nitrogen functional groups attached to an aromatic ring is 1. The summed E-state index contributed by atoms with van der Waals surface area (Å²) in [7, 11) is 2.00. The van der Waals surface area contributed by atoms with E-state index in [1.165, 1.54) is 5.56 Å². The summed E-state index contributed by atoms with van der Waals surface area (Å²) in [5.41, 5.74) is 13.4. The standard InChI is InChI=1S/C14H16N4/c1-17-16-13-8-7-12(15)9-14(13)18(17)10-11-5-3-2-4-6-11/h2-9,16H,10,15H2,1H3. The summed E-state index contributed by atoms with van der Waals surface area (Å²) in [5, 5.41) is 4.15. The fourth-order valence-electron chi connectivity index (χ4n) is 2.20. The van der Waals surface area contributed by atoms with E-state index in [4.69, 9.17) is 5.73 Å². The predicted octanol–water partition coefficient (Wildman–Crippen LogP) is 2.46. The van der Waals surface area contributed by atoms with Crippen LogP contribution in [0.25, 0.3) is 0 Å². The normalized spacial score (nSPS) is 14.4. The quantitative estimate of drug-likeness (QED) is 0.791. The molecule has 4 heteroatoms. The van der Waals surface area contributed by atoms with E-state index in [0.717, 1.165) is 23.6 Å². The number of hydrogen-bond donors (Lipinski definition) is 2. The molecule has 1 aliphatic rings. The molecule has 1 heterocycles. The molecule has 18 heavy (non-hydrogen) atoms. The zero-order valence-electron chi connectivity index (χ0n) is 10.3. The van der Waals surface area contributed by atoms with E-state index < -0.39 is 0 Å². The molecule has 0 saturated heterocycles. The van der Waals surface area contributed by atoms with Crippen molar-refractivity contribution < 1.29 is 0 Å². The molecule has 0 amide bonds. The van der Waals surface area contributed by atoms with Gasteiger partial charge < -0.3 is 5.73 Å². The molecule has 0 saturated carbocycles. The van der Waals surface area contributed by atoms with Gasteiger partial charge in [-0.2, -0.15) is 0 Å². The number of hydrogen-bond acceptors (Lipinski definition) is 4. The van der Waals surface area contributed by atoms with Crippen LogP contribution in [0.3, 0.4) is 0 Å². The number of benzene rings is 2. The summed E-state index contributed by atoms with van der Waals surface area (Å²) < 4.78 is 0. The van der Waals surface area contributed by atoms with Gasteiger partial charge in [0, 0.05) is 12.7 Å². The highest BCUT2D eigenvalue weighted by molar-refractivity contribution is 5.76. The minimum absolute atomic E-state index is 0.781. The van der Waals surface area contributed by atoms with Gasteiger partial charge in [0.15, 0.2) is 0 Å². The Hall–Kier alpha value is -2.20. The molecular weight excluding hydrogens is 224 g/mol. The molecule has 92 valence electrons. The highest BCUT2D eigenvalue weighted by Crippen LogP contribution is 2.35. The van der Waals surface area contributed by atoms with Crippen LogP contribution in [-0.4, -0.2) is 12.2 Å². The molecule has 3 N–H and O–H groups in total. The first kappa shape index (κ1) is 10.9. The first-order valence-corrected chi connectivity index (χ1v) is 5.95. The van der Waals surface area contributed by atoms with Crippen LogP contribution in [0.1, 0.15) is 5.56 Å². The third kappa shape index (κ3) is 1.87. The van der Waals surface area contributed by atoms with Crippen molar-refractivity contribution in [3.63, 3.8) is 0 Å². The molecule has 3 rings (SSSR count). The lowest BCUT2D eigenvalue weighted by molar-refractivity contribution is 0.381. The van der Waals surface area contributed by atoms with Crippen molar-refractivity contribution in [1.82, 2.24) is 5.12 Å². The Bertz CT molecular complexity index is 553. The maximum absolute atomic E-state index is 5.86. The van der Waals surface area contributed by atoms with Gasteiger partial charge in [-0.05, 0) is 23.8 Å². The van der Waals surface area contributed by atoms with E-state index in [-0.39, 0.29) is 0 Å². The number of hydrazine groups is 2. The van der Waals surface area contributed by atoms with E-state index in [9.17, 15) is 0 Å². The van der Waals surface area contributed by atoms with Crippen LogP contribution in [0.2, 0.25) is 0 Å². The van der Waals surface area contributed by atoms with Gasteiger partial charge in [-0.25, -0.2) is 0 Å². The van der Waals surface area contributed by atoms with Gasteiger partial charge in [0.25, 0.3) is 0 Å². The summed E-state index contributed by atoms with van der Waals surface area (Å²) in [4.78, 5) is 0. The average Bonchev–Trinajstić information content (AvgIpc) is 2.67. The monoisotopic (exact) mass is 240 g/mol. The Kier molecular flexibility index (Phi) is 2.57. The average molecular weight is 240 g/mol. The molecule has 0 bridgehead atoms. The second kappa shape index (κ2) is 4.23. The molecule has 0 atom stereocenters. The lowest BCUT2D eigenvalue weighted by atomic mass is 10.2. The van der Waals surface area contributed by atoms with Crippen molar-refractivity contribution in [2.24, 2.45) is 0 Å². The van der Waals surface area contributed by atoms with E-state index in [0.29, 0.717) is 0 Å². The zero-order valence-corrected chi connectivity index (χ0v) is 10.3. The molecule has 4 nitrogen and oxygen atoms in total. The van der Waals surface area contributed by atoms with Gasteiger partial charge >= 0.3 is 0 Å². The predicted molar refractivity (Wildman–Crippen MR) is 74.9 cm³/mol. The first-order chi connectivity index (χ1) is 8.74. The number of fused-ring (bicyclic) bond motifs is 1. The number of nitrogens with zero attached hydrogens (tertiary/aromatic N) is 2. The van der Waals surface area contributed by atoms with Crippen LogP contribution in [0.4, 0.5) is 17.1 Å². The van der Waals surface area contributed by atoms with Crippen molar-refractivity contribution in [2.75, 3.05) is 23.2 Å². The number of nitrogens with one attached hydrogen (secondary N) is 1. The van der Waals surface area contributed by atoms with Crippen molar-refractivity contribution in [3.8, 4) is 0 Å². The van der Waals surface area contributed by atoms with E-state index >= 15 is 0 Å². The Morgan fingerprint density at radius 3 is 2.67 bits per heavy atom. The molecule has 2 aromatic carbocycles. The number of rotatable bonds is 2. The minimum atomic E-state index is 0.781. The first-order valence-electron chi connectivity index (χ1n) is 5.95. The smallest absolute Gasteiger partial charge is 0.0809 e. The maximum atomic E-state index is 5.86. The largest absolute Gasteiger partial charge is 0.399 e. The van der Waals surface area contributed by atoms with Crippen LogP contribution < -0.4 is 16.2 Å². The van der Waals surface area contributed by atoms with Gasteiger partial charge in [0.05, 0.1) is 17.9 Å². The molecule has 0 radical (unpaired) electrons. The number of nitrogens with two attached hydrogens (primary N) is 1. The van der Waals surface area contributed by atoms with Crippen LogP contribution in [0.15, 0.2) is 48.5 Å². The highest BCUT2D eigenvalue weighted by atomic mass is 15.8. The van der Waals surface area contributed by atoms with E-state index in [1.54, 1.807) is 0 Å². The summed E-state index contributed by atoms with van der Waals surface area (Å²) in [6.45, 7) is 0.820. The van der Waals surface area contributed by atoms with Gasteiger partial charge in [-0.3, -0.25) is 10.4 Å². The summed E-state index contributed by atoms with van der Waals surface area (Å²) in [5.74, 6) is 0. The topological polar surface area (TPSA) is 44.5 Å². The van der Waals surface area contributed by atoms with Crippen LogP contribution in [0, 0.1) is 0 Å². The van der Waals surface area contributed by atoms with E-state index in [1.807, 2.05) is 36.4 Å². The highest BCUT2D eigenvalue weighted by Gasteiger charge is 2.23. The molecule has 0 spiro atoms. The van der Waals surface area contributed by atoms with Crippen LogP contribution in [0.5, 0.6) is 0 Å². The summed E-state index contributed by atoms with van der Waals surface area (Å²) in [6.07, 6.45) is 0. The van der Waals surface area contributed by atoms with Crippen molar-refractivity contribution in [3.05, 3.63) is 54.1 Å².